The van der Waals surface area contributed by atoms with Gasteiger partial charge in [-0.05, 0) is 42.9 Å². The number of aliphatic imine (C=N–C) groups is 1. The average Bonchev–Trinajstić information content (AvgIpc) is 3.07. The van der Waals surface area contributed by atoms with Crippen molar-refractivity contribution in [3.8, 4) is 0 Å². The maximum atomic E-state index is 12.5. The molecule has 1 atom stereocenters. The van der Waals surface area contributed by atoms with Crippen molar-refractivity contribution < 1.29 is 9.53 Å². The third kappa shape index (κ3) is 4.18. The van der Waals surface area contributed by atoms with Crippen LogP contribution in [0.4, 0.5) is 11.4 Å². The lowest BCUT2D eigenvalue weighted by molar-refractivity contribution is -0.115. The van der Waals surface area contributed by atoms with Crippen LogP contribution < -0.4 is 5.32 Å². The molecular formula is C23H24N4O2. The summed E-state index contributed by atoms with van der Waals surface area (Å²) in [6.07, 6.45) is 3.49. The predicted octanol–water partition coefficient (Wildman–Crippen LogP) is 3.75. The lowest BCUT2D eigenvalue weighted by Crippen LogP contribution is -2.22. The SMILES string of the molecule is COCCN(C)Cc1ccc(N=CC2C(=O)Nc3ccc4ncccc4c32)cc1. The Bertz CT molecular complexity index is 1050. The topological polar surface area (TPSA) is 66.8 Å². The minimum Gasteiger partial charge on any atom is -0.383 e. The number of fused-ring (bicyclic) bond motifs is 3. The molecule has 1 unspecified atom stereocenters. The van der Waals surface area contributed by atoms with Crippen molar-refractivity contribution in [1.82, 2.24) is 9.88 Å². The molecule has 0 saturated heterocycles. The molecule has 0 saturated carbocycles. The van der Waals surface area contributed by atoms with E-state index >= 15 is 0 Å². The van der Waals surface area contributed by atoms with Crippen LogP contribution in [0, 0.1) is 0 Å². The van der Waals surface area contributed by atoms with E-state index < -0.39 is 5.92 Å². The number of aromatic nitrogens is 1. The zero-order valence-electron chi connectivity index (χ0n) is 16.6. The molecule has 1 N–H and O–H groups in total. The van der Waals surface area contributed by atoms with E-state index in [2.05, 4.69) is 39.4 Å². The van der Waals surface area contributed by atoms with Gasteiger partial charge in [-0.25, -0.2) is 0 Å². The van der Waals surface area contributed by atoms with Crippen molar-refractivity contribution in [3.63, 3.8) is 0 Å². The molecule has 4 rings (SSSR count). The van der Waals surface area contributed by atoms with Crippen molar-refractivity contribution in [2.24, 2.45) is 4.99 Å². The number of nitrogens with zero attached hydrogens (tertiary/aromatic N) is 3. The van der Waals surface area contributed by atoms with E-state index in [0.717, 1.165) is 40.9 Å². The third-order valence-corrected chi connectivity index (χ3v) is 5.12. The van der Waals surface area contributed by atoms with Crippen molar-refractivity contribution in [2.75, 3.05) is 32.6 Å². The van der Waals surface area contributed by atoms with Gasteiger partial charge in [-0.15, -0.1) is 0 Å². The van der Waals surface area contributed by atoms with E-state index in [1.54, 1.807) is 19.5 Å². The number of carbonyl (C=O) groups is 1. The molecule has 1 aliphatic heterocycles. The molecule has 3 aromatic rings. The van der Waals surface area contributed by atoms with Crippen LogP contribution in [-0.4, -0.2) is 49.3 Å². The summed E-state index contributed by atoms with van der Waals surface area (Å²) in [6, 6.07) is 15.8. The zero-order chi connectivity index (χ0) is 20.2. The van der Waals surface area contributed by atoms with Gasteiger partial charge in [0.05, 0.1) is 17.8 Å². The molecule has 1 aromatic heterocycles. The molecule has 6 heteroatoms. The molecule has 148 valence electrons. The summed E-state index contributed by atoms with van der Waals surface area (Å²) >= 11 is 0. The lowest BCUT2D eigenvalue weighted by atomic mass is 9.97. The number of methoxy groups -OCH3 is 1. The Balaban J connectivity index is 1.52. The Kier molecular flexibility index (Phi) is 5.64. The van der Waals surface area contributed by atoms with Crippen LogP contribution in [-0.2, 0) is 16.1 Å². The first kappa shape index (κ1) is 19.2. The molecular weight excluding hydrogens is 364 g/mol. The Morgan fingerprint density at radius 1 is 1.21 bits per heavy atom. The van der Waals surface area contributed by atoms with E-state index in [9.17, 15) is 4.79 Å². The number of hydrogen-bond acceptors (Lipinski definition) is 5. The summed E-state index contributed by atoms with van der Waals surface area (Å²) in [6.45, 7) is 2.45. The molecule has 0 bridgehead atoms. The van der Waals surface area contributed by atoms with Crippen molar-refractivity contribution >= 4 is 34.4 Å². The fourth-order valence-corrected chi connectivity index (χ4v) is 3.59. The molecule has 0 fully saturated rings. The largest absolute Gasteiger partial charge is 0.383 e. The highest BCUT2D eigenvalue weighted by Gasteiger charge is 2.31. The number of pyridine rings is 1. The normalized spacial score (nSPS) is 16.0. The molecule has 2 heterocycles. The Labute approximate surface area is 170 Å². The van der Waals surface area contributed by atoms with Crippen LogP contribution in [0.15, 0.2) is 59.7 Å². The number of anilines is 1. The van der Waals surface area contributed by atoms with Gasteiger partial charge in [-0.3, -0.25) is 19.7 Å². The van der Waals surface area contributed by atoms with E-state index in [0.29, 0.717) is 6.61 Å². The van der Waals surface area contributed by atoms with Gasteiger partial charge in [0, 0.05) is 49.2 Å². The van der Waals surface area contributed by atoms with E-state index in [-0.39, 0.29) is 5.91 Å². The Morgan fingerprint density at radius 3 is 2.83 bits per heavy atom. The second-order valence-corrected chi connectivity index (χ2v) is 7.24. The Hall–Kier alpha value is -3.09. The van der Waals surface area contributed by atoms with Crippen molar-refractivity contribution in [3.05, 3.63) is 65.9 Å². The van der Waals surface area contributed by atoms with Gasteiger partial charge in [0.15, 0.2) is 0 Å². The summed E-state index contributed by atoms with van der Waals surface area (Å²) in [5.41, 5.74) is 4.70. The summed E-state index contributed by atoms with van der Waals surface area (Å²) in [7, 11) is 3.78. The number of likely N-dealkylation sites (N-methyl/N-ethyl adjacent to an activating group) is 1. The summed E-state index contributed by atoms with van der Waals surface area (Å²) in [4.78, 5) is 23.7. The highest BCUT2D eigenvalue weighted by atomic mass is 16.5. The van der Waals surface area contributed by atoms with Crippen LogP contribution in [0.25, 0.3) is 10.9 Å². The number of hydrogen-bond donors (Lipinski definition) is 1. The van der Waals surface area contributed by atoms with Gasteiger partial charge in [-0.2, -0.15) is 0 Å². The molecule has 29 heavy (non-hydrogen) atoms. The van der Waals surface area contributed by atoms with Crippen LogP contribution in [0.2, 0.25) is 0 Å². The van der Waals surface area contributed by atoms with Gasteiger partial charge in [-0.1, -0.05) is 18.2 Å². The molecule has 0 radical (unpaired) electrons. The smallest absolute Gasteiger partial charge is 0.237 e. The van der Waals surface area contributed by atoms with Gasteiger partial charge in [0.25, 0.3) is 0 Å². The number of ether oxygens (including phenoxy) is 1. The van der Waals surface area contributed by atoms with Gasteiger partial charge in [0.1, 0.15) is 5.92 Å². The van der Waals surface area contributed by atoms with Gasteiger partial charge < -0.3 is 10.1 Å². The maximum absolute atomic E-state index is 12.5. The number of benzene rings is 2. The number of carbonyl (C=O) groups excluding carboxylic acids is 1. The average molecular weight is 388 g/mol. The fourth-order valence-electron chi connectivity index (χ4n) is 3.59. The van der Waals surface area contributed by atoms with E-state index in [4.69, 9.17) is 4.74 Å². The fraction of sp³-hybridized carbons (Fsp3) is 0.261. The van der Waals surface area contributed by atoms with E-state index in [1.165, 1.54) is 5.56 Å². The first-order valence-corrected chi connectivity index (χ1v) is 9.65. The number of amides is 1. The lowest BCUT2D eigenvalue weighted by Gasteiger charge is -2.15. The molecule has 0 spiro atoms. The quantitative estimate of drug-likeness (QED) is 0.626. The van der Waals surface area contributed by atoms with Crippen LogP contribution in [0.5, 0.6) is 0 Å². The summed E-state index contributed by atoms with van der Waals surface area (Å²) in [5, 5.41) is 3.93. The number of nitrogens with one attached hydrogen (secondary N) is 1. The maximum Gasteiger partial charge on any atom is 0.237 e. The molecule has 0 aliphatic carbocycles. The number of rotatable bonds is 7. The zero-order valence-corrected chi connectivity index (χ0v) is 16.6. The van der Waals surface area contributed by atoms with Crippen LogP contribution >= 0.6 is 0 Å². The van der Waals surface area contributed by atoms with Crippen molar-refractivity contribution in [2.45, 2.75) is 12.5 Å². The standard InChI is InChI=1S/C23H24N4O2/c1-27(12-13-29-2)15-16-5-7-17(8-6-16)25-14-19-22-18-4-3-11-24-20(18)9-10-21(22)26-23(19)28/h3-11,14,19H,12-13,15H2,1-2H3,(H,26,28). The first-order chi connectivity index (χ1) is 14.2. The highest BCUT2D eigenvalue weighted by Crippen LogP contribution is 2.37. The molecule has 6 nitrogen and oxygen atoms in total. The third-order valence-electron chi connectivity index (χ3n) is 5.12. The monoisotopic (exact) mass is 388 g/mol. The second kappa shape index (κ2) is 8.51. The van der Waals surface area contributed by atoms with Crippen LogP contribution in [0.3, 0.4) is 0 Å². The van der Waals surface area contributed by atoms with Crippen LogP contribution in [0.1, 0.15) is 17.0 Å². The second-order valence-electron chi connectivity index (χ2n) is 7.24. The summed E-state index contributed by atoms with van der Waals surface area (Å²) < 4.78 is 5.11. The van der Waals surface area contributed by atoms with E-state index in [1.807, 2.05) is 36.4 Å². The minimum atomic E-state index is -0.419. The minimum absolute atomic E-state index is 0.0588. The highest BCUT2D eigenvalue weighted by molar-refractivity contribution is 6.16. The molecule has 1 aliphatic rings. The van der Waals surface area contributed by atoms with Gasteiger partial charge in [0.2, 0.25) is 5.91 Å². The first-order valence-electron chi connectivity index (χ1n) is 9.65. The molecule has 1 amide bonds. The van der Waals surface area contributed by atoms with Crippen molar-refractivity contribution in [1.29, 1.82) is 0 Å². The molecule has 2 aromatic carbocycles. The predicted molar refractivity (Wildman–Crippen MR) is 116 cm³/mol. The van der Waals surface area contributed by atoms with Gasteiger partial charge >= 0.3 is 0 Å². The Morgan fingerprint density at radius 2 is 2.03 bits per heavy atom. The summed E-state index contributed by atoms with van der Waals surface area (Å²) in [5.74, 6) is -0.478.